The number of nitrogens with zero attached hydrogens (tertiary/aromatic N) is 3. The van der Waals surface area contributed by atoms with Crippen LogP contribution in [0, 0.1) is 5.92 Å². The Morgan fingerprint density at radius 1 is 0.576 bits per heavy atom. The van der Waals surface area contributed by atoms with E-state index in [1.165, 1.54) is 18.6 Å². The van der Waals surface area contributed by atoms with E-state index < -0.39 is 17.9 Å². The second-order valence-electron chi connectivity index (χ2n) is 14.2. The molecule has 0 aliphatic rings. The number of aromatic hydroxyl groups is 1. The van der Waals surface area contributed by atoms with Crippen molar-refractivity contribution in [1.82, 2.24) is 14.7 Å². The first-order chi connectivity index (χ1) is 28.2. The Balaban J connectivity index is 0.000000446. The minimum absolute atomic E-state index is 0.0414. The summed E-state index contributed by atoms with van der Waals surface area (Å²) >= 11 is 0. The van der Waals surface area contributed by atoms with Gasteiger partial charge in [-0.1, -0.05) is 104 Å². The molecule has 12 nitrogen and oxygen atoms in total. The first kappa shape index (κ1) is 52.2. The van der Waals surface area contributed by atoms with Gasteiger partial charge in [0.15, 0.2) is 0 Å². The third kappa shape index (κ3) is 21.2. The predicted molar refractivity (Wildman–Crippen MR) is 234 cm³/mol. The SMILES string of the molecule is CCN(CC)CCOC(=O)C(C)c1ccc(CC(C)C)cc1.CCN(CC)CCOC(=O)c1ccccc1O.CCN(CC)CCOC(=O)c1ccccc1OC(C)=O. The smallest absolute Gasteiger partial charge is 0.341 e. The number of carbonyl (C=O) groups is 4. The highest BCUT2D eigenvalue weighted by atomic mass is 16.6. The maximum atomic E-state index is 12.1. The molecule has 0 radical (unpaired) electrons. The molecule has 1 atom stereocenters. The minimum Gasteiger partial charge on any atom is -0.507 e. The number of phenols is 1. The number of phenolic OH excluding ortho intramolecular Hbond substituents is 1. The number of carbonyl (C=O) groups excluding carboxylic acids is 4. The number of likely N-dealkylation sites (N-methyl/N-ethyl adjacent to an activating group) is 3. The monoisotopic (exact) mass is 822 g/mol. The molecule has 0 aliphatic carbocycles. The van der Waals surface area contributed by atoms with E-state index in [1.54, 1.807) is 42.5 Å². The molecule has 0 fully saturated rings. The zero-order valence-electron chi connectivity index (χ0n) is 37.3. The topological polar surface area (TPSA) is 135 Å². The van der Waals surface area contributed by atoms with Gasteiger partial charge in [-0.2, -0.15) is 0 Å². The van der Waals surface area contributed by atoms with E-state index in [0.717, 1.165) is 57.8 Å². The third-order valence-electron chi connectivity index (χ3n) is 9.58. The van der Waals surface area contributed by atoms with Crippen molar-refractivity contribution in [2.45, 2.75) is 81.6 Å². The van der Waals surface area contributed by atoms with Crippen molar-refractivity contribution >= 4 is 23.9 Å². The number of para-hydroxylation sites is 2. The fourth-order valence-electron chi connectivity index (χ4n) is 5.79. The summed E-state index contributed by atoms with van der Waals surface area (Å²) in [7, 11) is 0. The van der Waals surface area contributed by atoms with Crippen LogP contribution in [0.2, 0.25) is 0 Å². The standard InChI is InChI=1S/C19H31NO2.C15H21NO4.C13H19NO3/c1-6-20(7-2)12-13-22-19(21)16(5)18-10-8-17(9-11-18)14-15(3)4;1-4-16(5-2)10-11-19-15(18)13-8-6-7-9-14(13)20-12(3)17;1-3-14(4-2)9-10-17-13(16)11-7-5-6-8-12(11)15/h8-11,15-16H,6-7,12-14H2,1-5H3;6-9H,4-5,10-11H2,1-3H3;5-8,15H,3-4,9-10H2,1-2H3. The van der Waals surface area contributed by atoms with Gasteiger partial charge in [0.2, 0.25) is 0 Å². The van der Waals surface area contributed by atoms with Gasteiger partial charge in [0.1, 0.15) is 42.4 Å². The lowest BCUT2D eigenvalue weighted by atomic mass is 9.97. The van der Waals surface area contributed by atoms with Crippen molar-refractivity contribution in [2.24, 2.45) is 5.92 Å². The van der Waals surface area contributed by atoms with Crippen LogP contribution in [0.5, 0.6) is 11.5 Å². The van der Waals surface area contributed by atoms with Crippen LogP contribution >= 0.6 is 0 Å². The molecule has 328 valence electrons. The van der Waals surface area contributed by atoms with Gasteiger partial charge in [0.05, 0.1) is 5.92 Å². The fourth-order valence-corrected chi connectivity index (χ4v) is 5.79. The summed E-state index contributed by atoms with van der Waals surface area (Å²) < 4.78 is 20.7. The van der Waals surface area contributed by atoms with E-state index in [-0.39, 0.29) is 34.5 Å². The Hall–Kier alpha value is -4.78. The number of esters is 4. The van der Waals surface area contributed by atoms with Crippen LogP contribution < -0.4 is 4.74 Å². The number of hydrogen-bond acceptors (Lipinski definition) is 12. The van der Waals surface area contributed by atoms with Crippen LogP contribution in [0.3, 0.4) is 0 Å². The van der Waals surface area contributed by atoms with Crippen LogP contribution in [0.25, 0.3) is 0 Å². The number of benzene rings is 3. The Labute approximate surface area is 353 Å². The lowest BCUT2D eigenvalue weighted by molar-refractivity contribution is -0.145. The van der Waals surface area contributed by atoms with Gasteiger partial charge in [-0.25, -0.2) is 9.59 Å². The van der Waals surface area contributed by atoms with Gasteiger partial charge in [0, 0.05) is 26.6 Å². The average molecular weight is 822 g/mol. The summed E-state index contributed by atoms with van der Waals surface area (Å²) in [5.74, 6) is -0.923. The maximum Gasteiger partial charge on any atom is 0.341 e. The van der Waals surface area contributed by atoms with Crippen LogP contribution in [-0.2, 0) is 30.2 Å². The van der Waals surface area contributed by atoms with Gasteiger partial charge in [0.25, 0.3) is 0 Å². The Bertz CT molecular complexity index is 1640. The van der Waals surface area contributed by atoms with E-state index in [1.807, 2.05) is 19.1 Å². The lowest BCUT2D eigenvalue weighted by Crippen LogP contribution is -2.28. The summed E-state index contributed by atoms with van der Waals surface area (Å²) in [6, 6.07) is 21.3. The van der Waals surface area contributed by atoms with E-state index in [4.69, 9.17) is 18.9 Å². The van der Waals surface area contributed by atoms with Gasteiger partial charge in [-0.15, -0.1) is 0 Å². The summed E-state index contributed by atoms with van der Waals surface area (Å²) in [6.07, 6.45) is 1.07. The van der Waals surface area contributed by atoms with Crippen molar-refractivity contribution < 1.29 is 43.2 Å². The Morgan fingerprint density at radius 3 is 1.44 bits per heavy atom. The number of rotatable bonds is 22. The molecule has 0 bridgehead atoms. The number of ether oxygens (including phenoxy) is 4. The molecule has 0 amide bonds. The Kier molecular flexibility index (Phi) is 26.8. The molecule has 59 heavy (non-hydrogen) atoms. The zero-order valence-corrected chi connectivity index (χ0v) is 37.3. The van der Waals surface area contributed by atoms with Crippen LogP contribution in [0.15, 0.2) is 72.8 Å². The molecule has 0 saturated heterocycles. The molecule has 0 aliphatic heterocycles. The molecule has 0 heterocycles. The highest BCUT2D eigenvalue weighted by molar-refractivity contribution is 5.93. The molecule has 3 aromatic carbocycles. The first-order valence-corrected chi connectivity index (χ1v) is 21.1. The molecular weight excluding hydrogens is 751 g/mol. The second kappa shape index (κ2) is 30.3. The fraction of sp³-hybridized carbons (Fsp3) is 0.532. The molecular formula is C47H71N3O9. The van der Waals surface area contributed by atoms with Crippen molar-refractivity contribution in [1.29, 1.82) is 0 Å². The van der Waals surface area contributed by atoms with Crippen molar-refractivity contribution in [2.75, 3.05) is 78.7 Å². The van der Waals surface area contributed by atoms with E-state index in [0.29, 0.717) is 38.8 Å². The molecule has 12 heteroatoms. The second-order valence-corrected chi connectivity index (χ2v) is 14.2. The molecule has 1 N–H and O–H groups in total. The quantitative estimate of drug-likeness (QED) is 0.0601. The van der Waals surface area contributed by atoms with Crippen LogP contribution in [0.1, 0.15) is 107 Å². The Morgan fingerprint density at radius 2 is 1.00 bits per heavy atom. The van der Waals surface area contributed by atoms with E-state index in [9.17, 15) is 24.3 Å². The highest BCUT2D eigenvalue weighted by Crippen LogP contribution is 2.20. The van der Waals surface area contributed by atoms with Crippen molar-refractivity contribution in [3.63, 3.8) is 0 Å². The molecule has 0 aromatic heterocycles. The molecule has 3 aromatic rings. The van der Waals surface area contributed by atoms with Gasteiger partial charge in [-0.3, -0.25) is 9.59 Å². The molecule has 0 spiro atoms. The molecule has 0 saturated carbocycles. The first-order valence-electron chi connectivity index (χ1n) is 21.1. The third-order valence-corrected chi connectivity index (χ3v) is 9.58. The minimum atomic E-state index is -0.478. The van der Waals surface area contributed by atoms with Crippen LogP contribution in [0.4, 0.5) is 0 Å². The molecule has 1 unspecified atom stereocenters. The largest absolute Gasteiger partial charge is 0.507 e. The van der Waals surface area contributed by atoms with Gasteiger partial charge < -0.3 is 38.8 Å². The average Bonchev–Trinajstić information content (AvgIpc) is 3.23. The van der Waals surface area contributed by atoms with E-state index >= 15 is 0 Å². The summed E-state index contributed by atoms with van der Waals surface area (Å²) in [5, 5.41) is 9.47. The van der Waals surface area contributed by atoms with Crippen LogP contribution in [-0.4, -0.2) is 122 Å². The van der Waals surface area contributed by atoms with Gasteiger partial charge >= 0.3 is 23.9 Å². The van der Waals surface area contributed by atoms with E-state index in [2.05, 4.69) is 82.2 Å². The maximum absolute atomic E-state index is 12.1. The highest BCUT2D eigenvalue weighted by Gasteiger charge is 2.18. The van der Waals surface area contributed by atoms with Crippen molar-refractivity contribution in [3.8, 4) is 11.5 Å². The molecule has 3 rings (SSSR count). The zero-order chi connectivity index (χ0) is 44.2. The normalized spacial score (nSPS) is 11.3. The summed E-state index contributed by atoms with van der Waals surface area (Å²) in [5.41, 5.74) is 2.83. The summed E-state index contributed by atoms with van der Waals surface area (Å²) in [4.78, 5) is 53.3. The number of hydrogen-bond donors (Lipinski definition) is 1. The predicted octanol–water partition coefficient (Wildman–Crippen LogP) is 7.87. The van der Waals surface area contributed by atoms with Crippen molar-refractivity contribution in [3.05, 3.63) is 95.1 Å². The summed E-state index contributed by atoms with van der Waals surface area (Å²) in [6.45, 7) is 29.1. The lowest BCUT2D eigenvalue weighted by Gasteiger charge is -2.18. The van der Waals surface area contributed by atoms with Gasteiger partial charge in [-0.05, 0) is 93.9 Å².